The fraction of sp³-hybridized carbons (Fsp3) is 0.136. The van der Waals surface area contributed by atoms with Crippen molar-refractivity contribution in [1.82, 2.24) is 15.3 Å². The normalized spacial score (nSPS) is 12.5. The van der Waals surface area contributed by atoms with Crippen LogP contribution in [0.25, 0.3) is 0 Å². The minimum absolute atomic E-state index is 0.0224. The first-order valence-corrected chi connectivity index (χ1v) is 11.1. The Kier molecular flexibility index (Phi) is 7.99. The van der Waals surface area contributed by atoms with Crippen LogP contribution in [-0.4, -0.2) is 32.9 Å². The zero-order chi connectivity index (χ0) is 25.0. The number of pyridine rings is 2. The highest BCUT2D eigenvalue weighted by atomic mass is 35.5. The van der Waals surface area contributed by atoms with Gasteiger partial charge in [-0.05, 0) is 24.6 Å². The van der Waals surface area contributed by atoms with Gasteiger partial charge in [0, 0.05) is 30.5 Å². The van der Waals surface area contributed by atoms with E-state index in [4.69, 9.17) is 46.4 Å². The number of carboxylic acid groups (broad SMARTS) is 1. The largest absolute Gasteiger partial charge is 0.481 e. The number of aliphatic carboxylic acids is 1. The molecule has 176 valence electrons. The molecule has 1 unspecified atom stereocenters. The maximum Gasteiger partial charge on any atom is 0.306 e. The molecule has 3 aromatic rings. The quantitative estimate of drug-likeness (QED) is 0.365. The number of nitrogens with zero attached hydrogens (tertiary/aromatic N) is 2. The van der Waals surface area contributed by atoms with Crippen molar-refractivity contribution >= 4 is 69.9 Å². The molecule has 0 aliphatic rings. The summed E-state index contributed by atoms with van der Waals surface area (Å²) < 4.78 is 0. The number of hydrogen-bond acceptors (Lipinski definition) is 5. The van der Waals surface area contributed by atoms with E-state index in [1.54, 1.807) is 31.2 Å². The van der Waals surface area contributed by atoms with Crippen molar-refractivity contribution in [2.45, 2.75) is 18.9 Å². The Hall–Kier alpha value is -2.91. The molecule has 8 nitrogen and oxygen atoms in total. The minimum atomic E-state index is -1.33. The highest BCUT2D eigenvalue weighted by Gasteiger charge is 2.33. The molecular formula is C22H16Cl4N4O4. The average molecular weight is 542 g/mol. The molecule has 2 aromatic heterocycles. The number of anilines is 1. The highest BCUT2D eigenvalue weighted by Crippen LogP contribution is 2.30. The van der Waals surface area contributed by atoms with Crippen LogP contribution in [-0.2, 0) is 10.3 Å². The van der Waals surface area contributed by atoms with Gasteiger partial charge in [-0.15, -0.1) is 0 Å². The van der Waals surface area contributed by atoms with E-state index in [2.05, 4.69) is 20.6 Å². The smallest absolute Gasteiger partial charge is 0.306 e. The maximum atomic E-state index is 12.9. The van der Waals surface area contributed by atoms with Gasteiger partial charge in [-0.1, -0.05) is 58.5 Å². The van der Waals surface area contributed by atoms with Crippen LogP contribution in [0.4, 0.5) is 5.69 Å². The van der Waals surface area contributed by atoms with Crippen LogP contribution in [0.1, 0.15) is 39.6 Å². The second-order valence-corrected chi connectivity index (χ2v) is 8.97. The van der Waals surface area contributed by atoms with Crippen molar-refractivity contribution in [3.8, 4) is 0 Å². The number of rotatable bonds is 7. The molecule has 2 heterocycles. The minimum Gasteiger partial charge on any atom is -0.481 e. The Morgan fingerprint density at radius 2 is 1.26 bits per heavy atom. The van der Waals surface area contributed by atoms with E-state index in [9.17, 15) is 19.5 Å². The number of aromatic nitrogens is 2. The number of carbonyl (C=O) groups excluding carboxylic acids is 2. The molecule has 2 amide bonds. The molecule has 34 heavy (non-hydrogen) atoms. The number of carboxylic acids is 1. The van der Waals surface area contributed by atoms with Crippen LogP contribution >= 0.6 is 46.4 Å². The molecule has 0 saturated carbocycles. The van der Waals surface area contributed by atoms with Gasteiger partial charge in [-0.25, -0.2) is 0 Å². The first kappa shape index (κ1) is 25.7. The van der Waals surface area contributed by atoms with E-state index < -0.39 is 29.7 Å². The molecule has 1 atom stereocenters. The molecule has 3 rings (SSSR count). The number of amides is 2. The standard InChI is InChI=1S/C22H16Cl4N4O4/c1-22(6-17(31)32,30-21(34)19-15(25)9-28-10-16(19)26)11-2-4-12(5-3-11)29-20(33)18-13(23)7-27-8-14(18)24/h2-5,7-10H,6H2,1H3,(H,29,33)(H,30,34)(H,31,32). The predicted molar refractivity (Wildman–Crippen MR) is 130 cm³/mol. The van der Waals surface area contributed by atoms with E-state index in [-0.39, 0.29) is 31.2 Å². The fourth-order valence-corrected chi connectivity index (χ4v) is 4.28. The fourth-order valence-electron chi connectivity index (χ4n) is 3.21. The van der Waals surface area contributed by atoms with Gasteiger partial charge in [0.05, 0.1) is 43.2 Å². The summed E-state index contributed by atoms with van der Waals surface area (Å²) in [6, 6.07) is 6.25. The van der Waals surface area contributed by atoms with Gasteiger partial charge in [0.1, 0.15) is 0 Å². The average Bonchev–Trinajstić information content (AvgIpc) is 2.73. The van der Waals surface area contributed by atoms with E-state index >= 15 is 0 Å². The first-order chi connectivity index (χ1) is 16.0. The zero-order valence-electron chi connectivity index (χ0n) is 17.4. The van der Waals surface area contributed by atoms with Crippen molar-refractivity contribution in [2.75, 3.05) is 5.32 Å². The van der Waals surface area contributed by atoms with Gasteiger partial charge >= 0.3 is 5.97 Å². The van der Waals surface area contributed by atoms with E-state index in [1.165, 1.54) is 24.8 Å². The lowest BCUT2D eigenvalue weighted by Gasteiger charge is -2.30. The third-order valence-electron chi connectivity index (χ3n) is 4.84. The Morgan fingerprint density at radius 1 is 0.824 bits per heavy atom. The molecule has 3 N–H and O–H groups in total. The lowest BCUT2D eigenvalue weighted by atomic mass is 9.88. The number of benzene rings is 1. The van der Waals surface area contributed by atoms with Gasteiger partial charge in [0.25, 0.3) is 11.8 Å². The van der Waals surface area contributed by atoms with E-state index in [1.807, 2.05) is 0 Å². The summed E-state index contributed by atoms with van der Waals surface area (Å²) >= 11 is 24.2. The first-order valence-electron chi connectivity index (χ1n) is 9.56. The molecule has 0 bridgehead atoms. The molecule has 0 radical (unpaired) electrons. The Bertz CT molecular complexity index is 1230. The van der Waals surface area contributed by atoms with Crippen molar-refractivity contribution in [1.29, 1.82) is 0 Å². The maximum absolute atomic E-state index is 12.9. The molecule has 0 saturated heterocycles. The third kappa shape index (κ3) is 5.77. The van der Waals surface area contributed by atoms with Crippen LogP contribution in [0.2, 0.25) is 20.1 Å². The molecule has 0 aliphatic carbocycles. The number of halogens is 4. The van der Waals surface area contributed by atoms with Gasteiger partial charge in [-0.3, -0.25) is 24.4 Å². The summed E-state index contributed by atoms with van der Waals surface area (Å²) in [5.74, 6) is -2.36. The molecule has 0 aliphatic heterocycles. The molecule has 12 heteroatoms. The number of hydrogen-bond donors (Lipinski definition) is 3. The van der Waals surface area contributed by atoms with Gasteiger partial charge in [0.2, 0.25) is 0 Å². The predicted octanol–water partition coefficient (Wildman–Crippen LogP) is 5.46. The van der Waals surface area contributed by atoms with Crippen LogP contribution in [0, 0.1) is 0 Å². The molecule has 1 aromatic carbocycles. The second-order valence-electron chi connectivity index (χ2n) is 7.34. The summed E-state index contributed by atoms with van der Waals surface area (Å²) in [5.41, 5.74) is -0.440. The SMILES string of the molecule is CC(CC(=O)O)(NC(=O)c1c(Cl)cncc1Cl)c1ccc(NC(=O)c2c(Cl)cncc2Cl)cc1. The topological polar surface area (TPSA) is 121 Å². The van der Waals surface area contributed by atoms with Gasteiger partial charge in [0.15, 0.2) is 0 Å². The van der Waals surface area contributed by atoms with Crippen LogP contribution in [0.3, 0.4) is 0 Å². The van der Waals surface area contributed by atoms with Crippen molar-refractivity contribution in [3.63, 3.8) is 0 Å². The Balaban J connectivity index is 1.86. The zero-order valence-corrected chi connectivity index (χ0v) is 20.4. The summed E-state index contributed by atoms with van der Waals surface area (Å²) in [4.78, 5) is 44.7. The van der Waals surface area contributed by atoms with Crippen LogP contribution in [0.5, 0.6) is 0 Å². The lowest BCUT2D eigenvalue weighted by Crippen LogP contribution is -2.45. The van der Waals surface area contributed by atoms with Gasteiger partial charge in [-0.2, -0.15) is 0 Å². The van der Waals surface area contributed by atoms with Crippen molar-refractivity contribution in [2.24, 2.45) is 0 Å². The van der Waals surface area contributed by atoms with E-state index in [0.717, 1.165) is 0 Å². The number of nitrogens with one attached hydrogen (secondary N) is 2. The summed E-state index contributed by atoms with van der Waals surface area (Å²) in [5, 5.41) is 15.0. The lowest BCUT2D eigenvalue weighted by molar-refractivity contribution is -0.138. The highest BCUT2D eigenvalue weighted by molar-refractivity contribution is 6.40. The molecular weight excluding hydrogens is 526 g/mol. The van der Waals surface area contributed by atoms with Crippen molar-refractivity contribution in [3.05, 3.63) is 85.8 Å². The van der Waals surface area contributed by atoms with Crippen LogP contribution < -0.4 is 10.6 Å². The van der Waals surface area contributed by atoms with Crippen LogP contribution in [0.15, 0.2) is 49.1 Å². The number of carbonyl (C=O) groups is 3. The molecule has 0 fully saturated rings. The third-order valence-corrected chi connectivity index (χ3v) is 5.98. The summed E-state index contributed by atoms with van der Waals surface area (Å²) in [6.07, 6.45) is 4.68. The van der Waals surface area contributed by atoms with Gasteiger partial charge < -0.3 is 15.7 Å². The summed E-state index contributed by atoms with van der Waals surface area (Å²) in [6.45, 7) is 1.55. The Labute approximate surface area is 214 Å². The summed E-state index contributed by atoms with van der Waals surface area (Å²) in [7, 11) is 0. The van der Waals surface area contributed by atoms with E-state index in [0.29, 0.717) is 11.3 Å². The van der Waals surface area contributed by atoms with Crippen molar-refractivity contribution < 1.29 is 19.5 Å². The molecule has 0 spiro atoms. The monoisotopic (exact) mass is 540 g/mol. The second kappa shape index (κ2) is 10.6. The Morgan fingerprint density at radius 3 is 1.71 bits per heavy atom.